The van der Waals surface area contributed by atoms with Crippen LogP contribution in [0, 0.1) is 6.92 Å². The zero-order valence-electron chi connectivity index (χ0n) is 14.9. The van der Waals surface area contributed by atoms with E-state index in [-0.39, 0.29) is 23.1 Å². The highest BCUT2D eigenvalue weighted by Crippen LogP contribution is 2.19. The summed E-state index contributed by atoms with van der Waals surface area (Å²) < 4.78 is 33.1. The van der Waals surface area contributed by atoms with Crippen molar-refractivity contribution in [3.05, 3.63) is 35.7 Å². The second kappa shape index (κ2) is 7.47. The smallest absolute Gasteiger partial charge is 0.338 e. The highest BCUT2D eigenvalue weighted by atomic mass is 32.2. The molecular formula is C17H19N3O6S. The summed E-state index contributed by atoms with van der Waals surface area (Å²) in [6, 6.07) is 5.98. The summed E-state index contributed by atoms with van der Waals surface area (Å²) in [5, 5.41) is 3.70. The Hall–Kier alpha value is -2.75. The van der Waals surface area contributed by atoms with Gasteiger partial charge in [0.1, 0.15) is 0 Å². The van der Waals surface area contributed by atoms with E-state index in [1.165, 1.54) is 24.1 Å². The van der Waals surface area contributed by atoms with Gasteiger partial charge in [-0.2, -0.15) is 4.98 Å². The van der Waals surface area contributed by atoms with Crippen molar-refractivity contribution in [3.63, 3.8) is 0 Å². The zero-order valence-corrected chi connectivity index (χ0v) is 15.7. The Morgan fingerprint density at radius 2 is 2.00 bits per heavy atom. The molecule has 0 radical (unpaired) electrons. The van der Waals surface area contributed by atoms with Crippen LogP contribution >= 0.6 is 0 Å². The molecule has 1 aliphatic heterocycles. The van der Waals surface area contributed by atoms with E-state index in [9.17, 15) is 18.0 Å². The number of carbonyl (C=O) groups is 2. The van der Waals surface area contributed by atoms with Crippen LogP contribution in [-0.2, 0) is 19.4 Å². The van der Waals surface area contributed by atoms with E-state index in [1.54, 1.807) is 19.1 Å². The van der Waals surface area contributed by atoms with E-state index in [1.807, 2.05) is 0 Å². The first kappa shape index (κ1) is 19.0. The van der Waals surface area contributed by atoms with Crippen LogP contribution in [0.2, 0.25) is 0 Å². The quantitative estimate of drug-likeness (QED) is 0.686. The van der Waals surface area contributed by atoms with Gasteiger partial charge in [0, 0.05) is 18.7 Å². The van der Waals surface area contributed by atoms with Crippen LogP contribution in [0.4, 0.5) is 0 Å². The monoisotopic (exact) mass is 393 g/mol. The van der Waals surface area contributed by atoms with Crippen LogP contribution < -0.4 is 0 Å². The number of hydrogen-bond donors (Lipinski definition) is 0. The minimum Gasteiger partial charge on any atom is -0.452 e. The largest absolute Gasteiger partial charge is 0.452 e. The fourth-order valence-electron chi connectivity index (χ4n) is 2.76. The van der Waals surface area contributed by atoms with Crippen molar-refractivity contribution in [1.82, 2.24) is 15.0 Å². The molecule has 2 heterocycles. The maximum atomic E-state index is 12.1. The Morgan fingerprint density at radius 3 is 2.56 bits per heavy atom. The first-order valence-corrected chi connectivity index (χ1v) is 10.1. The number of carbonyl (C=O) groups excluding carboxylic acids is 2. The van der Waals surface area contributed by atoms with E-state index >= 15 is 0 Å². The summed E-state index contributed by atoms with van der Waals surface area (Å²) in [4.78, 5) is 29.7. The molecule has 0 spiro atoms. The van der Waals surface area contributed by atoms with Gasteiger partial charge in [0.15, 0.2) is 22.3 Å². The number of ether oxygens (including phenoxy) is 1. The Kier molecular flexibility index (Phi) is 5.26. The molecule has 3 rings (SSSR count). The number of esters is 1. The number of rotatable bonds is 5. The van der Waals surface area contributed by atoms with Crippen molar-refractivity contribution in [2.75, 3.05) is 25.2 Å². The Balaban J connectivity index is 1.55. The molecule has 27 heavy (non-hydrogen) atoms. The number of likely N-dealkylation sites (N-methyl/N-ethyl adjacent to an activating group) is 1. The normalized spacial score (nSPS) is 18.2. The third-order valence-corrected chi connectivity index (χ3v) is 6.12. The molecule has 2 aromatic rings. The first-order chi connectivity index (χ1) is 12.7. The zero-order chi connectivity index (χ0) is 19.6. The standard InChI is InChI=1S/C17H19N3O6S/c1-11-18-16(26-19-11)12-3-5-13(6-4-12)17(22)25-9-15(21)20(2)14-7-8-27(23,24)10-14/h3-6,14H,7-10H2,1-2H3. The van der Waals surface area contributed by atoms with Crippen molar-refractivity contribution in [1.29, 1.82) is 0 Å². The molecule has 0 aliphatic carbocycles. The first-order valence-electron chi connectivity index (χ1n) is 8.29. The van der Waals surface area contributed by atoms with Crippen LogP contribution in [-0.4, -0.2) is 66.5 Å². The van der Waals surface area contributed by atoms with E-state index in [2.05, 4.69) is 10.1 Å². The lowest BCUT2D eigenvalue weighted by Gasteiger charge is -2.23. The van der Waals surface area contributed by atoms with Gasteiger partial charge in [-0.1, -0.05) is 5.16 Å². The van der Waals surface area contributed by atoms with Crippen molar-refractivity contribution in [2.45, 2.75) is 19.4 Å². The molecule has 1 aliphatic rings. The molecule has 1 fully saturated rings. The third-order valence-electron chi connectivity index (χ3n) is 4.37. The van der Waals surface area contributed by atoms with Gasteiger partial charge in [-0.3, -0.25) is 4.79 Å². The molecule has 0 bridgehead atoms. The summed E-state index contributed by atoms with van der Waals surface area (Å²) in [7, 11) is -1.58. The molecule has 0 N–H and O–H groups in total. The van der Waals surface area contributed by atoms with E-state index in [0.717, 1.165) is 0 Å². The van der Waals surface area contributed by atoms with Gasteiger partial charge in [-0.15, -0.1) is 0 Å². The Labute approximate surface area is 156 Å². The predicted octanol–water partition coefficient (Wildman–Crippen LogP) is 0.847. The molecule has 1 unspecified atom stereocenters. The molecule has 10 heteroatoms. The maximum Gasteiger partial charge on any atom is 0.338 e. The second-order valence-corrected chi connectivity index (χ2v) is 8.59. The van der Waals surface area contributed by atoms with Gasteiger partial charge >= 0.3 is 5.97 Å². The molecule has 1 saturated heterocycles. The van der Waals surface area contributed by atoms with Crippen LogP contribution in [0.25, 0.3) is 11.5 Å². The van der Waals surface area contributed by atoms with Crippen molar-refractivity contribution in [2.24, 2.45) is 0 Å². The Morgan fingerprint density at radius 1 is 1.30 bits per heavy atom. The topological polar surface area (TPSA) is 120 Å². The number of amides is 1. The van der Waals surface area contributed by atoms with Gasteiger partial charge in [0.05, 0.1) is 17.1 Å². The molecule has 9 nitrogen and oxygen atoms in total. The van der Waals surface area contributed by atoms with Crippen molar-refractivity contribution >= 4 is 21.7 Å². The highest BCUT2D eigenvalue weighted by Gasteiger charge is 2.32. The summed E-state index contributed by atoms with van der Waals surface area (Å²) >= 11 is 0. The van der Waals surface area contributed by atoms with E-state index in [4.69, 9.17) is 9.26 Å². The van der Waals surface area contributed by atoms with Gasteiger partial charge in [0.25, 0.3) is 11.8 Å². The van der Waals surface area contributed by atoms with Crippen LogP contribution in [0.15, 0.2) is 28.8 Å². The average molecular weight is 393 g/mol. The molecule has 1 atom stereocenters. The molecule has 1 amide bonds. The number of aromatic nitrogens is 2. The van der Waals surface area contributed by atoms with Crippen molar-refractivity contribution < 1.29 is 27.3 Å². The predicted molar refractivity (Wildman–Crippen MR) is 94.6 cm³/mol. The number of benzene rings is 1. The van der Waals surface area contributed by atoms with Crippen molar-refractivity contribution in [3.8, 4) is 11.5 Å². The minimum absolute atomic E-state index is 0.0558. The molecule has 0 saturated carbocycles. The molecular weight excluding hydrogens is 374 g/mol. The van der Waals surface area contributed by atoms with Crippen LogP contribution in [0.5, 0.6) is 0 Å². The lowest BCUT2D eigenvalue weighted by atomic mass is 10.1. The average Bonchev–Trinajstić information content (AvgIpc) is 3.24. The summed E-state index contributed by atoms with van der Waals surface area (Å²) in [6.45, 7) is 1.25. The fourth-order valence-corrected chi connectivity index (χ4v) is 4.53. The van der Waals surface area contributed by atoms with Crippen LogP contribution in [0.3, 0.4) is 0 Å². The minimum atomic E-state index is -3.09. The lowest BCUT2D eigenvalue weighted by molar-refractivity contribution is -0.134. The number of sulfone groups is 1. The SMILES string of the molecule is Cc1noc(-c2ccc(C(=O)OCC(=O)N(C)C3CCS(=O)(=O)C3)cc2)n1. The second-order valence-electron chi connectivity index (χ2n) is 6.36. The number of hydrogen-bond acceptors (Lipinski definition) is 8. The van der Waals surface area contributed by atoms with Gasteiger partial charge in [0.2, 0.25) is 0 Å². The molecule has 144 valence electrons. The van der Waals surface area contributed by atoms with E-state index < -0.39 is 28.3 Å². The molecule has 1 aromatic carbocycles. The molecule has 1 aromatic heterocycles. The summed E-state index contributed by atoms with van der Waals surface area (Å²) in [5.41, 5.74) is 0.930. The Bertz CT molecular complexity index is 951. The van der Waals surface area contributed by atoms with Crippen LogP contribution in [0.1, 0.15) is 22.6 Å². The maximum absolute atomic E-state index is 12.1. The summed E-state index contributed by atoms with van der Waals surface area (Å²) in [5.74, 6) is -0.227. The lowest BCUT2D eigenvalue weighted by Crippen LogP contribution is -2.40. The summed E-state index contributed by atoms with van der Waals surface area (Å²) in [6.07, 6.45) is 0.398. The fraction of sp³-hybridized carbons (Fsp3) is 0.412. The van der Waals surface area contributed by atoms with Gasteiger partial charge in [-0.25, -0.2) is 13.2 Å². The number of aryl methyl sites for hydroxylation is 1. The van der Waals surface area contributed by atoms with Gasteiger partial charge < -0.3 is 14.2 Å². The van der Waals surface area contributed by atoms with E-state index in [0.29, 0.717) is 23.7 Å². The highest BCUT2D eigenvalue weighted by molar-refractivity contribution is 7.91. The third kappa shape index (κ3) is 4.51. The number of nitrogens with zero attached hydrogens (tertiary/aromatic N) is 3. The van der Waals surface area contributed by atoms with Gasteiger partial charge in [-0.05, 0) is 37.6 Å².